The lowest BCUT2D eigenvalue weighted by molar-refractivity contribution is 0.636. The van der Waals surface area contributed by atoms with Crippen LogP contribution in [-0.2, 0) is 12.8 Å². The van der Waals surface area contributed by atoms with Crippen LogP contribution in [0.25, 0.3) is 0 Å². The predicted octanol–water partition coefficient (Wildman–Crippen LogP) is 2.58. The van der Waals surface area contributed by atoms with Gasteiger partial charge in [-0.3, -0.25) is 4.98 Å². The minimum atomic E-state index is 1.07. The Morgan fingerprint density at radius 1 is 1.20 bits per heavy atom. The molecule has 0 unspecified atom stereocenters. The summed E-state index contributed by atoms with van der Waals surface area (Å²) < 4.78 is 0. The maximum absolute atomic E-state index is 4.44. The molecule has 1 rings (SSSR count). The summed E-state index contributed by atoms with van der Waals surface area (Å²) in [6.45, 7) is 6.58. The van der Waals surface area contributed by atoms with Crippen molar-refractivity contribution in [3.63, 3.8) is 0 Å². The minimum absolute atomic E-state index is 1.07. The Hall–Kier alpha value is -0.890. The van der Waals surface area contributed by atoms with E-state index in [2.05, 4.69) is 36.3 Å². The lowest BCUT2D eigenvalue weighted by atomic mass is 10.1. The molecule has 0 bridgehead atoms. The smallest absolute Gasteiger partial charge is 0.0404 e. The molecular weight excluding hydrogens is 184 g/mol. The van der Waals surface area contributed by atoms with E-state index in [1.165, 1.54) is 24.1 Å². The van der Waals surface area contributed by atoms with E-state index >= 15 is 0 Å². The summed E-state index contributed by atoms with van der Waals surface area (Å²) in [5.41, 5.74) is 2.54. The van der Waals surface area contributed by atoms with E-state index in [1.807, 2.05) is 6.20 Å². The van der Waals surface area contributed by atoms with E-state index in [0.29, 0.717) is 0 Å². The van der Waals surface area contributed by atoms with Crippen LogP contribution in [0.4, 0.5) is 0 Å². The first-order valence-corrected chi connectivity index (χ1v) is 6.01. The highest BCUT2D eigenvalue weighted by Gasteiger charge is 1.95. The van der Waals surface area contributed by atoms with Crippen LogP contribution < -0.4 is 5.32 Å². The summed E-state index contributed by atoms with van der Waals surface area (Å²) in [7, 11) is 0. The number of pyridine rings is 1. The largest absolute Gasteiger partial charge is 0.317 e. The molecule has 0 saturated carbocycles. The fourth-order valence-corrected chi connectivity index (χ4v) is 1.51. The van der Waals surface area contributed by atoms with Crippen LogP contribution in [-0.4, -0.2) is 18.1 Å². The summed E-state index contributed by atoms with van der Waals surface area (Å²) in [4.78, 5) is 4.44. The van der Waals surface area contributed by atoms with E-state index in [1.54, 1.807) is 0 Å². The van der Waals surface area contributed by atoms with Gasteiger partial charge in [0, 0.05) is 11.9 Å². The number of hydrogen-bond acceptors (Lipinski definition) is 2. The Morgan fingerprint density at radius 2 is 2.07 bits per heavy atom. The van der Waals surface area contributed by atoms with Gasteiger partial charge in [-0.05, 0) is 50.4 Å². The zero-order valence-electron chi connectivity index (χ0n) is 9.92. The quantitative estimate of drug-likeness (QED) is 0.694. The minimum Gasteiger partial charge on any atom is -0.317 e. The highest BCUT2D eigenvalue weighted by atomic mass is 14.8. The molecule has 1 aromatic heterocycles. The Labute approximate surface area is 93.1 Å². The maximum Gasteiger partial charge on any atom is 0.0404 e. The number of aromatic nitrogens is 1. The van der Waals surface area contributed by atoms with E-state index in [0.717, 1.165) is 25.9 Å². The lowest BCUT2D eigenvalue weighted by Gasteiger charge is -2.03. The normalized spacial score (nSPS) is 10.5. The van der Waals surface area contributed by atoms with Crippen LogP contribution in [0.15, 0.2) is 18.3 Å². The topological polar surface area (TPSA) is 24.9 Å². The zero-order chi connectivity index (χ0) is 10.9. The van der Waals surface area contributed by atoms with Gasteiger partial charge < -0.3 is 5.32 Å². The van der Waals surface area contributed by atoms with Crippen LogP contribution in [0.5, 0.6) is 0 Å². The molecule has 2 nitrogen and oxygen atoms in total. The van der Waals surface area contributed by atoms with Gasteiger partial charge in [0.25, 0.3) is 0 Å². The molecule has 0 radical (unpaired) electrons. The van der Waals surface area contributed by atoms with Gasteiger partial charge in [0.15, 0.2) is 0 Å². The molecule has 0 spiro atoms. The van der Waals surface area contributed by atoms with Gasteiger partial charge in [0.2, 0.25) is 0 Å². The second-order valence-electron chi connectivity index (χ2n) is 3.86. The van der Waals surface area contributed by atoms with Crippen LogP contribution in [0.2, 0.25) is 0 Å². The zero-order valence-corrected chi connectivity index (χ0v) is 9.92. The second-order valence-corrected chi connectivity index (χ2v) is 3.86. The molecule has 15 heavy (non-hydrogen) atoms. The van der Waals surface area contributed by atoms with E-state index in [9.17, 15) is 0 Å². The van der Waals surface area contributed by atoms with Gasteiger partial charge in [-0.25, -0.2) is 0 Å². The van der Waals surface area contributed by atoms with Crippen molar-refractivity contribution in [3.05, 3.63) is 29.6 Å². The van der Waals surface area contributed by atoms with Gasteiger partial charge in [-0.1, -0.05) is 19.9 Å². The number of aryl methyl sites for hydroxylation is 2. The van der Waals surface area contributed by atoms with Crippen molar-refractivity contribution >= 4 is 0 Å². The molecule has 0 fully saturated rings. The summed E-state index contributed by atoms with van der Waals surface area (Å²) >= 11 is 0. The van der Waals surface area contributed by atoms with Crippen molar-refractivity contribution in [2.75, 3.05) is 13.1 Å². The molecule has 1 N–H and O–H groups in total. The molecule has 0 atom stereocenters. The highest BCUT2D eigenvalue weighted by molar-refractivity contribution is 5.13. The first-order chi connectivity index (χ1) is 7.36. The average molecular weight is 206 g/mol. The Kier molecular flexibility index (Phi) is 6.02. The van der Waals surface area contributed by atoms with Gasteiger partial charge >= 0.3 is 0 Å². The standard InChI is InChI=1S/C13H22N2/c1-3-9-14-10-5-6-13-8-7-12(4-2)11-15-13/h7-8,11,14H,3-6,9-10H2,1-2H3. The monoisotopic (exact) mass is 206 g/mol. The molecule has 0 saturated heterocycles. The molecule has 0 aliphatic heterocycles. The summed E-state index contributed by atoms with van der Waals surface area (Å²) in [6.07, 6.45) is 6.54. The molecule has 0 aliphatic carbocycles. The summed E-state index contributed by atoms with van der Waals surface area (Å²) in [6, 6.07) is 4.33. The number of nitrogens with one attached hydrogen (secondary N) is 1. The average Bonchev–Trinajstić information content (AvgIpc) is 2.30. The van der Waals surface area contributed by atoms with Crippen molar-refractivity contribution in [1.82, 2.24) is 10.3 Å². The predicted molar refractivity (Wildman–Crippen MR) is 65.1 cm³/mol. The van der Waals surface area contributed by atoms with Crippen molar-refractivity contribution in [1.29, 1.82) is 0 Å². The van der Waals surface area contributed by atoms with Gasteiger partial charge in [-0.2, -0.15) is 0 Å². The fraction of sp³-hybridized carbons (Fsp3) is 0.615. The van der Waals surface area contributed by atoms with Crippen molar-refractivity contribution < 1.29 is 0 Å². The van der Waals surface area contributed by atoms with Crippen LogP contribution in [0.3, 0.4) is 0 Å². The van der Waals surface area contributed by atoms with Crippen LogP contribution in [0, 0.1) is 0 Å². The molecule has 2 heteroatoms. The summed E-state index contributed by atoms with van der Waals surface area (Å²) in [5, 5.41) is 3.40. The Balaban J connectivity index is 2.20. The lowest BCUT2D eigenvalue weighted by Crippen LogP contribution is -2.16. The highest BCUT2D eigenvalue weighted by Crippen LogP contribution is 2.02. The molecule has 0 amide bonds. The molecule has 84 valence electrons. The van der Waals surface area contributed by atoms with Gasteiger partial charge in [-0.15, -0.1) is 0 Å². The second kappa shape index (κ2) is 7.41. The molecule has 0 aromatic carbocycles. The first-order valence-electron chi connectivity index (χ1n) is 6.01. The number of hydrogen-bond donors (Lipinski definition) is 1. The maximum atomic E-state index is 4.44. The van der Waals surface area contributed by atoms with Crippen molar-refractivity contribution in [3.8, 4) is 0 Å². The first kappa shape index (κ1) is 12.2. The third-order valence-corrected chi connectivity index (χ3v) is 2.51. The Bertz CT molecular complexity index is 254. The van der Waals surface area contributed by atoms with E-state index in [-0.39, 0.29) is 0 Å². The molecule has 1 heterocycles. The van der Waals surface area contributed by atoms with Crippen LogP contribution >= 0.6 is 0 Å². The van der Waals surface area contributed by atoms with E-state index in [4.69, 9.17) is 0 Å². The third-order valence-electron chi connectivity index (χ3n) is 2.51. The van der Waals surface area contributed by atoms with Gasteiger partial charge in [0.05, 0.1) is 0 Å². The van der Waals surface area contributed by atoms with E-state index < -0.39 is 0 Å². The molecule has 0 aliphatic rings. The fourth-order valence-electron chi connectivity index (χ4n) is 1.51. The SMILES string of the molecule is CCCNCCCc1ccc(CC)cn1. The van der Waals surface area contributed by atoms with Crippen LogP contribution in [0.1, 0.15) is 37.9 Å². The van der Waals surface area contributed by atoms with Crippen molar-refractivity contribution in [2.45, 2.75) is 39.5 Å². The van der Waals surface area contributed by atoms with Gasteiger partial charge in [0.1, 0.15) is 0 Å². The number of rotatable bonds is 7. The third kappa shape index (κ3) is 4.93. The molecule has 1 aromatic rings. The number of nitrogens with zero attached hydrogens (tertiary/aromatic N) is 1. The Morgan fingerprint density at radius 3 is 2.67 bits per heavy atom. The molecular formula is C13H22N2. The summed E-state index contributed by atoms with van der Waals surface area (Å²) in [5.74, 6) is 0. The van der Waals surface area contributed by atoms with Crippen molar-refractivity contribution in [2.24, 2.45) is 0 Å².